The molecule has 0 bridgehead atoms. The van der Waals surface area contributed by atoms with Crippen LogP contribution in [0.5, 0.6) is 5.75 Å². The van der Waals surface area contributed by atoms with E-state index in [-0.39, 0.29) is 11.8 Å². The van der Waals surface area contributed by atoms with Gasteiger partial charge in [-0.15, -0.1) is 0 Å². The SMILES string of the molecule is C[C@H](Cc1c[nH]c2c([O])cccc12)NC[C@H](O)c1cccc(Cl)c1. The predicted molar refractivity (Wildman–Crippen MR) is 96.0 cm³/mol. The van der Waals surface area contributed by atoms with Crippen molar-refractivity contribution in [1.82, 2.24) is 10.3 Å². The van der Waals surface area contributed by atoms with Gasteiger partial charge in [-0.05, 0) is 42.7 Å². The van der Waals surface area contributed by atoms with Crippen LogP contribution >= 0.6 is 11.6 Å². The molecule has 0 fully saturated rings. The minimum Gasteiger partial charge on any atom is -0.387 e. The Morgan fingerprint density at radius 1 is 1.25 bits per heavy atom. The lowest BCUT2D eigenvalue weighted by atomic mass is 10.0. The first-order valence-corrected chi connectivity index (χ1v) is 8.35. The summed E-state index contributed by atoms with van der Waals surface area (Å²) < 4.78 is 0. The minimum atomic E-state index is -0.609. The van der Waals surface area contributed by atoms with E-state index in [1.165, 1.54) is 0 Å². The largest absolute Gasteiger partial charge is 0.387 e. The van der Waals surface area contributed by atoms with E-state index in [1.807, 2.05) is 24.4 Å². The molecule has 3 rings (SSSR count). The Morgan fingerprint density at radius 3 is 2.83 bits per heavy atom. The number of rotatable bonds is 6. The molecule has 1 radical (unpaired) electrons. The first kappa shape index (κ1) is 16.8. The minimum absolute atomic E-state index is 0.00995. The maximum absolute atomic E-state index is 11.8. The van der Waals surface area contributed by atoms with Crippen molar-refractivity contribution in [1.29, 1.82) is 0 Å². The van der Waals surface area contributed by atoms with Gasteiger partial charge in [0.15, 0.2) is 0 Å². The molecule has 1 aromatic heterocycles. The molecule has 0 saturated carbocycles. The summed E-state index contributed by atoms with van der Waals surface area (Å²) in [6.07, 6.45) is 2.05. The van der Waals surface area contributed by atoms with E-state index in [0.717, 1.165) is 22.9 Å². The molecular weight excluding hydrogens is 324 g/mol. The van der Waals surface area contributed by atoms with Crippen LogP contribution in [-0.4, -0.2) is 22.7 Å². The topological polar surface area (TPSA) is 68.0 Å². The molecular formula is C19H20ClN2O2. The molecule has 2 atom stereocenters. The van der Waals surface area contributed by atoms with Crippen LogP contribution in [0.2, 0.25) is 5.02 Å². The smallest absolute Gasteiger partial charge is 0.202 e. The summed E-state index contributed by atoms with van der Waals surface area (Å²) in [6.45, 7) is 2.50. The highest BCUT2D eigenvalue weighted by atomic mass is 35.5. The third-order valence-electron chi connectivity index (χ3n) is 4.18. The summed E-state index contributed by atoms with van der Waals surface area (Å²) in [5.41, 5.74) is 2.55. The zero-order valence-electron chi connectivity index (χ0n) is 13.4. The first-order chi connectivity index (χ1) is 11.5. The van der Waals surface area contributed by atoms with Gasteiger partial charge in [-0.25, -0.2) is 0 Å². The first-order valence-electron chi connectivity index (χ1n) is 7.97. The van der Waals surface area contributed by atoms with Crippen LogP contribution < -0.4 is 5.32 Å². The summed E-state index contributed by atoms with van der Waals surface area (Å²) in [5, 5.41) is 27.0. The molecule has 0 saturated heterocycles. The predicted octanol–water partition coefficient (Wildman–Crippen LogP) is 4.22. The van der Waals surface area contributed by atoms with E-state index in [0.29, 0.717) is 17.1 Å². The highest BCUT2D eigenvalue weighted by Gasteiger charge is 2.13. The molecule has 0 aliphatic carbocycles. The van der Waals surface area contributed by atoms with Gasteiger partial charge in [-0.2, -0.15) is 0 Å². The van der Waals surface area contributed by atoms with Crippen LogP contribution in [0, 0.1) is 0 Å². The van der Waals surface area contributed by atoms with Crippen molar-refractivity contribution in [2.45, 2.75) is 25.5 Å². The van der Waals surface area contributed by atoms with Crippen molar-refractivity contribution in [3.05, 3.63) is 64.8 Å². The van der Waals surface area contributed by atoms with Crippen LogP contribution in [0.25, 0.3) is 10.9 Å². The van der Waals surface area contributed by atoms with Crippen molar-refractivity contribution < 1.29 is 10.2 Å². The number of fused-ring (bicyclic) bond motifs is 1. The number of nitrogens with one attached hydrogen (secondary N) is 2. The summed E-state index contributed by atoms with van der Waals surface area (Å²) in [4.78, 5) is 3.05. The van der Waals surface area contributed by atoms with E-state index < -0.39 is 6.10 Å². The Hall–Kier alpha value is -2.01. The van der Waals surface area contributed by atoms with Crippen LogP contribution in [0.1, 0.15) is 24.2 Å². The molecule has 2 aromatic carbocycles. The fourth-order valence-electron chi connectivity index (χ4n) is 2.90. The van der Waals surface area contributed by atoms with E-state index >= 15 is 0 Å². The second-order valence-electron chi connectivity index (χ2n) is 6.08. The Labute approximate surface area is 146 Å². The molecule has 3 N–H and O–H groups in total. The Morgan fingerprint density at radius 2 is 2.04 bits per heavy atom. The summed E-state index contributed by atoms with van der Waals surface area (Å²) in [6, 6.07) is 12.7. The van der Waals surface area contributed by atoms with Gasteiger partial charge in [-0.3, -0.25) is 5.11 Å². The van der Waals surface area contributed by atoms with Crippen molar-refractivity contribution in [2.24, 2.45) is 0 Å². The molecule has 0 aliphatic rings. The van der Waals surface area contributed by atoms with E-state index in [2.05, 4.69) is 17.2 Å². The van der Waals surface area contributed by atoms with Gasteiger partial charge in [0.05, 0.1) is 11.6 Å². The lowest BCUT2D eigenvalue weighted by molar-refractivity contribution is 0.170. The maximum Gasteiger partial charge on any atom is 0.202 e. The standard InChI is InChI=1S/C19H20ClN2O2/c1-12(21-11-18(24)13-4-2-5-15(20)9-13)8-14-10-22-19-16(14)6-3-7-17(19)23/h2-7,9-10,12,18,21-22,24H,8,11H2,1H3/t12-,18+/m1/s1. The third-order valence-corrected chi connectivity index (χ3v) is 4.42. The van der Waals surface area contributed by atoms with E-state index in [1.54, 1.807) is 24.3 Å². The molecule has 125 valence electrons. The van der Waals surface area contributed by atoms with Crippen LogP contribution in [-0.2, 0) is 11.5 Å². The highest BCUT2D eigenvalue weighted by molar-refractivity contribution is 6.30. The van der Waals surface area contributed by atoms with Crippen molar-refractivity contribution in [2.75, 3.05) is 6.54 Å². The third kappa shape index (κ3) is 3.73. The number of para-hydroxylation sites is 1. The molecule has 0 spiro atoms. The Balaban J connectivity index is 1.61. The fourth-order valence-corrected chi connectivity index (χ4v) is 3.10. The zero-order chi connectivity index (χ0) is 17.1. The normalized spacial score (nSPS) is 14.0. The van der Waals surface area contributed by atoms with Gasteiger partial charge in [-0.1, -0.05) is 35.9 Å². The number of H-pyrrole nitrogens is 1. The average molecular weight is 344 g/mol. The second-order valence-corrected chi connectivity index (χ2v) is 6.51. The van der Waals surface area contributed by atoms with Crippen LogP contribution in [0.15, 0.2) is 48.7 Å². The number of aliphatic hydroxyl groups is 1. The number of halogens is 1. The molecule has 3 aromatic rings. The number of hydrogen-bond acceptors (Lipinski definition) is 2. The van der Waals surface area contributed by atoms with E-state index in [4.69, 9.17) is 11.6 Å². The molecule has 24 heavy (non-hydrogen) atoms. The van der Waals surface area contributed by atoms with Crippen molar-refractivity contribution in [3.63, 3.8) is 0 Å². The number of aromatic nitrogens is 1. The quantitative estimate of drug-likeness (QED) is 0.627. The molecule has 1 heterocycles. The molecule has 4 nitrogen and oxygen atoms in total. The van der Waals surface area contributed by atoms with Crippen molar-refractivity contribution >= 4 is 22.5 Å². The maximum atomic E-state index is 11.8. The average Bonchev–Trinajstić information content (AvgIpc) is 2.97. The molecule has 0 aliphatic heterocycles. The van der Waals surface area contributed by atoms with Gasteiger partial charge in [0.1, 0.15) is 0 Å². The monoisotopic (exact) mass is 343 g/mol. The van der Waals surface area contributed by atoms with E-state index in [9.17, 15) is 10.2 Å². The Kier molecular flexibility index (Phi) is 5.09. The number of aliphatic hydroxyl groups excluding tert-OH is 1. The van der Waals surface area contributed by atoms with Gasteiger partial charge in [0, 0.05) is 29.2 Å². The highest BCUT2D eigenvalue weighted by Crippen LogP contribution is 2.27. The second kappa shape index (κ2) is 7.26. The van der Waals surface area contributed by atoms with Crippen molar-refractivity contribution in [3.8, 4) is 5.75 Å². The van der Waals surface area contributed by atoms with Gasteiger partial charge in [0.25, 0.3) is 0 Å². The number of benzene rings is 2. The Bertz CT molecular complexity index is 831. The number of aromatic amines is 1. The van der Waals surface area contributed by atoms with Crippen LogP contribution in [0.3, 0.4) is 0 Å². The van der Waals surface area contributed by atoms with Gasteiger partial charge in [0.2, 0.25) is 5.75 Å². The fraction of sp³-hybridized carbons (Fsp3) is 0.263. The number of hydrogen-bond donors (Lipinski definition) is 3. The summed E-state index contributed by atoms with van der Waals surface area (Å²) in [7, 11) is 0. The molecule has 0 amide bonds. The van der Waals surface area contributed by atoms with Gasteiger partial charge >= 0.3 is 0 Å². The van der Waals surface area contributed by atoms with Gasteiger partial charge < -0.3 is 15.4 Å². The summed E-state index contributed by atoms with van der Waals surface area (Å²) in [5.74, 6) is 0.00995. The summed E-state index contributed by atoms with van der Waals surface area (Å²) >= 11 is 5.95. The van der Waals surface area contributed by atoms with Crippen LogP contribution in [0.4, 0.5) is 0 Å². The molecule has 0 unspecified atom stereocenters. The lowest BCUT2D eigenvalue weighted by Crippen LogP contribution is -2.32. The lowest BCUT2D eigenvalue weighted by Gasteiger charge is -2.17. The zero-order valence-corrected chi connectivity index (χ0v) is 14.2. The molecule has 5 heteroatoms.